The first-order valence-electron chi connectivity index (χ1n) is 5.49. The number of aliphatic hydroxyl groups is 1. The highest BCUT2D eigenvalue weighted by atomic mass is 16.5. The molecule has 0 aliphatic carbocycles. The van der Waals surface area contributed by atoms with Gasteiger partial charge in [0.05, 0.1) is 6.61 Å². The third-order valence-corrected chi connectivity index (χ3v) is 2.97. The third kappa shape index (κ3) is 2.46. The largest absolute Gasteiger partial charge is 0.399 e. The number of anilines is 2. The van der Waals surface area contributed by atoms with E-state index in [9.17, 15) is 5.11 Å². The Hall–Kier alpha value is -1.26. The molecule has 1 atom stereocenters. The molecule has 16 heavy (non-hydrogen) atoms. The fourth-order valence-electron chi connectivity index (χ4n) is 1.79. The zero-order chi connectivity index (χ0) is 11.6. The van der Waals surface area contributed by atoms with Crippen LogP contribution >= 0.6 is 0 Å². The van der Waals surface area contributed by atoms with E-state index in [2.05, 4.69) is 5.32 Å². The van der Waals surface area contributed by atoms with Crippen LogP contribution < -0.4 is 11.1 Å². The van der Waals surface area contributed by atoms with Crippen LogP contribution in [-0.2, 0) is 4.74 Å². The molecule has 0 saturated carbocycles. The fraction of sp³-hybridized carbons (Fsp3) is 0.500. The minimum atomic E-state index is -0.727. The standard InChI is InChI=1S/C12H18N2O2/c1-9-6-10(2-3-11(9)13)14-7-12(15)4-5-16-8-12/h2-3,6,14-15H,4-5,7-8,13H2,1H3. The minimum absolute atomic E-state index is 0.411. The van der Waals surface area contributed by atoms with Crippen LogP contribution in [0.25, 0.3) is 0 Å². The molecule has 88 valence electrons. The van der Waals surface area contributed by atoms with Gasteiger partial charge in [-0.3, -0.25) is 0 Å². The van der Waals surface area contributed by atoms with Gasteiger partial charge in [-0.25, -0.2) is 0 Å². The van der Waals surface area contributed by atoms with Crippen LogP contribution in [0.1, 0.15) is 12.0 Å². The van der Waals surface area contributed by atoms with Crippen molar-refractivity contribution in [2.75, 3.05) is 30.8 Å². The number of hydrogen-bond acceptors (Lipinski definition) is 4. The number of aryl methyl sites for hydroxylation is 1. The molecule has 0 aromatic heterocycles. The average Bonchev–Trinajstić information content (AvgIpc) is 2.68. The number of nitrogen functional groups attached to an aromatic ring is 1. The Bertz CT molecular complexity index is 373. The first-order chi connectivity index (χ1) is 7.59. The number of nitrogens with one attached hydrogen (secondary N) is 1. The lowest BCUT2D eigenvalue weighted by atomic mass is 10.0. The van der Waals surface area contributed by atoms with E-state index in [0.717, 1.165) is 16.9 Å². The second-order valence-corrected chi connectivity index (χ2v) is 4.45. The van der Waals surface area contributed by atoms with Crippen LogP contribution in [0.3, 0.4) is 0 Å². The Morgan fingerprint density at radius 3 is 3.00 bits per heavy atom. The lowest BCUT2D eigenvalue weighted by Gasteiger charge is -2.21. The Balaban J connectivity index is 1.96. The van der Waals surface area contributed by atoms with Gasteiger partial charge in [-0.15, -0.1) is 0 Å². The molecule has 1 aromatic carbocycles. The van der Waals surface area contributed by atoms with Gasteiger partial charge in [-0.2, -0.15) is 0 Å². The average molecular weight is 222 g/mol. The van der Waals surface area contributed by atoms with Crippen LogP contribution in [-0.4, -0.2) is 30.5 Å². The monoisotopic (exact) mass is 222 g/mol. The van der Waals surface area contributed by atoms with Gasteiger partial charge in [0.1, 0.15) is 5.60 Å². The highest BCUT2D eigenvalue weighted by Gasteiger charge is 2.31. The first kappa shape index (κ1) is 11.2. The summed E-state index contributed by atoms with van der Waals surface area (Å²) < 4.78 is 5.18. The summed E-state index contributed by atoms with van der Waals surface area (Å²) in [4.78, 5) is 0. The summed E-state index contributed by atoms with van der Waals surface area (Å²) in [6.07, 6.45) is 0.688. The van der Waals surface area contributed by atoms with Gasteiger partial charge in [0, 0.05) is 30.9 Å². The molecule has 4 N–H and O–H groups in total. The Kier molecular flexibility index (Phi) is 3.03. The maximum absolute atomic E-state index is 10.1. The van der Waals surface area contributed by atoms with Crippen molar-refractivity contribution in [3.8, 4) is 0 Å². The van der Waals surface area contributed by atoms with Crippen molar-refractivity contribution in [1.29, 1.82) is 0 Å². The minimum Gasteiger partial charge on any atom is -0.399 e. The van der Waals surface area contributed by atoms with Crippen LogP contribution in [0.4, 0.5) is 11.4 Å². The Labute approximate surface area is 95.4 Å². The van der Waals surface area contributed by atoms with E-state index < -0.39 is 5.60 Å². The zero-order valence-electron chi connectivity index (χ0n) is 9.49. The summed E-state index contributed by atoms with van der Waals surface area (Å²) >= 11 is 0. The van der Waals surface area contributed by atoms with Gasteiger partial charge in [-0.1, -0.05) is 0 Å². The van der Waals surface area contributed by atoms with Gasteiger partial charge in [0.2, 0.25) is 0 Å². The van der Waals surface area contributed by atoms with Gasteiger partial charge in [-0.05, 0) is 30.7 Å². The van der Waals surface area contributed by atoms with Crippen LogP contribution in [0.15, 0.2) is 18.2 Å². The van der Waals surface area contributed by atoms with Gasteiger partial charge >= 0.3 is 0 Å². The summed E-state index contributed by atoms with van der Waals surface area (Å²) in [5, 5.41) is 13.3. The normalized spacial score (nSPS) is 24.6. The second-order valence-electron chi connectivity index (χ2n) is 4.45. The second kappa shape index (κ2) is 4.31. The van der Waals surface area contributed by atoms with E-state index in [1.165, 1.54) is 0 Å². The molecular weight excluding hydrogens is 204 g/mol. The number of ether oxygens (including phenoxy) is 1. The molecule has 1 saturated heterocycles. The first-order valence-corrected chi connectivity index (χ1v) is 5.49. The van der Waals surface area contributed by atoms with Crippen LogP contribution in [0, 0.1) is 6.92 Å². The third-order valence-electron chi connectivity index (χ3n) is 2.97. The lowest BCUT2D eigenvalue weighted by molar-refractivity contribution is 0.0382. The van der Waals surface area contributed by atoms with Crippen molar-refractivity contribution in [2.24, 2.45) is 0 Å². The highest BCUT2D eigenvalue weighted by Crippen LogP contribution is 2.21. The van der Waals surface area contributed by atoms with E-state index in [1.54, 1.807) is 0 Å². The van der Waals surface area contributed by atoms with Crippen molar-refractivity contribution < 1.29 is 9.84 Å². The molecule has 4 heteroatoms. The van der Waals surface area contributed by atoms with Crippen LogP contribution in [0.5, 0.6) is 0 Å². The summed E-state index contributed by atoms with van der Waals surface area (Å²) in [5.41, 5.74) is 7.81. The maximum atomic E-state index is 10.1. The summed E-state index contributed by atoms with van der Waals surface area (Å²) in [5.74, 6) is 0. The molecule has 1 aromatic rings. The summed E-state index contributed by atoms with van der Waals surface area (Å²) in [6, 6.07) is 5.77. The molecule has 1 fully saturated rings. The lowest BCUT2D eigenvalue weighted by Crippen LogP contribution is -2.37. The molecular formula is C12H18N2O2. The number of benzene rings is 1. The Morgan fingerprint density at radius 2 is 2.38 bits per heavy atom. The smallest absolute Gasteiger partial charge is 0.107 e. The van der Waals surface area contributed by atoms with E-state index in [4.69, 9.17) is 10.5 Å². The fourth-order valence-corrected chi connectivity index (χ4v) is 1.79. The molecule has 0 amide bonds. The topological polar surface area (TPSA) is 67.5 Å². The molecule has 4 nitrogen and oxygen atoms in total. The molecule has 1 unspecified atom stereocenters. The number of hydrogen-bond donors (Lipinski definition) is 3. The molecule has 1 heterocycles. The van der Waals surface area contributed by atoms with E-state index >= 15 is 0 Å². The van der Waals surface area contributed by atoms with Crippen molar-refractivity contribution in [3.05, 3.63) is 23.8 Å². The van der Waals surface area contributed by atoms with Gasteiger partial charge in [0.25, 0.3) is 0 Å². The summed E-state index contributed by atoms with van der Waals surface area (Å²) in [6.45, 7) is 3.52. The van der Waals surface area contributed by atoms with E-state index in [1.807, 2.05) is 25.1 Å². The van der Waals surface area contributed by atoms with Crippen molar-refractivity contribution in [3.63, 3.8) is 0 Å². The van der Waals surface area contributed by atoms with Crippen molar-refractivity contribution >= 4 is 11.4 Å². The zero-order valence-corrected chi connectivity index (χ0v) is 9.49. The van der Waals surface area contributed by atoms with E-state index in [-0.39, 0.29) is 0 Å². The SMILES string of the molecule is Cc1cc(NCC2(O)CCOC2)ccc1N. The molecule has 0 bridgehead atoms. The molecule has 2 rings (SSSR count). The highest BCUT2D eigenvalue weighted by molar-refractivity contribution is 5.56. The van der Waals surface area contributed by atoms with Gasteiger partial charge in [0.15, 0.2) is 0 Å². The van der Waals surface area contributed by atoms with Crippen molar-refractivity contribution in [1.82, 2.24) is 0 Å². The molecule has 1 aliphatic heterocycles. The summed E-state index contributed by atoms with van der Waals surface area (Å²) in [7, 11) is 0. The number of nitrogens with two attached hydrogens (primary N) is 1. The molecule has 1 aliphatic rings. The maximum Gasteiger partial charge on any atom is 0.107 e. The predicted octanol–water partition coefficient (Wildman–Crippen LogP) is 1.14. The Morgan fingerprint density at radius 1 is 1.56 bits per heavy atom. The van der Waals surface area contributed by atoms with Crippen molar-refractivity contribution in [2.45, 2.75) is 18.9 Å². The molecule has 0 spiro atoms. The number of rotatable bonds is 3. The van der Waals surface area contributed by atoms with Crippen LogP contribution in [0.2, 0.25) is 0 Å². The molecule has 0 radical (unpaired) electrons. The van der Waals surface area contributed by atoms with E-state index in [0.29, 0.717) is 26.2 Å². The predicted molar refractivity (Wildman–Crippen MR) is 64.5 cm³/mol. The quantitative estimate of drug-likeness (QED) is 0.671. The van der Waals surface area contributed by atoms with Gasteiger partial charge < -0.3 is 20.9 Å².